The van der Waals surface area contributed by atoms with Gasteiger partial charge in [-0.2, -0.15) is 0 Å². The van der Waals surface area contributed by atoms with E-state index in [1.54, 1.807) is 11.3 Å². The molecule has 0 atom stereocenters. The van der Waals surface area contributed by atoms with Crippen LogP contribution in [0.25, 0.3) is 10.8 Å². The monoisotopic (exact) mass is 331 g/mol. The van der Waals surface area contributed by atoms with Gasteiger partial charge in [0.1, 0.15) is 11.5 Å². The zero-order chi connectivity index (χ0) is 16.4. The number of aryl methyl sites for hydroxylation is 3. The van der Waals surface area contributed by atoms with Crippen molar-refractivity contribution >= 4 is 17.2 Å². The van der Waals surface area contributed by atoms with Gasteiger partial charge >= 0.3 is 0 Å². The molecule has 3 aromatic rings. The SMILES string of the molecule is Cc1nc(CNC(=O)Cc2nc(-c3cccs3)oc2C)oc1C. The molecule has 120 valence electrons. The number of hydrogen-bond acceptors (Lipinski definition) is 6. The third-order valence-electron chi connectivity index (χ3n) is 3.46. The summed E-state index contributed by atoms with van der Waals surface area (Å²) in [6.45, 7) is 5.79. The zero-order valence-electron chi connectivity index (χ0n) is 13.2. The first-order chi connectivity index (χ1) is 11.0. The van der Waals surface area contributed by atoms with E-state index in [9.17, 15) is 4.79 Å². The number of nitrogens with zero attached hydrogens (tertiary/aromatic N) is 2. The Labute approximate surface area is 137 Å². The Bertz CT molecular complexity index is 798. The van der Waals surface area contributed by atoms with Gasteiger partial charge in [0.05, 0.1) is 29.2 Å². The van der Waals surface area contributed by atoms with Crippen LogP contribution in [0.3, 0.4) is 0 Å². The maximum atomic E-state index is 12.1. The second-order valence-electron chi connectivity index (χ2n) is 5.20. The third-order valence-corrected chi connectivity index (χ3v) is 4.32. The van der Waals surface area contributed by atoms with Gasteiger partial charge in [0.2, 0.25) is 17.7 Å². The normalized spacial score (nSPS) is 10.9. The van der Waals surface area contributed by atoms with E-state index < -0.39 is 0 Å². The fraction of sp³-hybridized carbons (Fsp3) is 0.312. The topological polar surface area (TPSA) is 81.2 Å². The molecular formula is C16H17N3O3S. The van der Waals surface area contributed by atoms with Crippen LogP contribution in [0, 0.1) is 20.8 Å². The maximum absolute atomic E-state index is 12.1. The second-order valence-corrected chi connectivity index (χ2v) is 6.15. The molecule has 3 rings (SSSR count). The van der Waals surface area contributed by atoms with Crippen LogP contribution in [-0.4, -0.2) is 15.9 Å². The van der Waals surface area contributed by atoms with Gasteiger partial charge < -0.3 is 14.2 Å². The molecule has 0 aliphatic heterocycles. The zero-order valence-corrected chi connectivity index (χ0v) is 14.0. The number of amides is 1. The Morgan fingerprint density at radius 2 is 2.04 bits per heavy atom. The smallest absolute Gasteiger partial charge is 0.236 e. The molecule has 0 aliphatic rings. The first kappa shape index (κ1) is 15.5. The van der Waals surface area contributed by atoms with E-state index in [1.165, 1.54) is 0 Å². The van der Waals surface area contributed by atoms with Crippen LogP contribution in [-0.2, 0) is 17.8 Å². The van der Waals surface area contributed by atoms with Crippen molar-refractivity contribution in [1.29, 1.82) is 0 Å². The van der Waals surface area contributed by atoms with Crippen molar-refractivity contribution in [3.63, 3.8) is 0 Å². The van der Waals surface area contributed by atoms with Gasteiger partial charge in [-0.3, -0.25) is 4.79 Å². The first-order valence-electron chi connectivity index (χ1n) is 7.22. The molecule has 1 amide bonds. The molecule has 0 saturated heterocycles. The number of carbonyl (C=O) groups excluding carboxylic acids is 1. The standard InChI is InChI=1S/C16H17N3O3S/c1-9-10(2)21-15(18-9)8-17-14(20)7-12-11(3)22-16(19-12)13-5-4-6-23-13/h4-6H,7-8H2,1-3H3,(H,17,20). The van der Waals surface area contributed by atoms with E-state index >= 15 is 0 Å². The summed E-state index contributed by atoms with van der Waals surface area (Å²) < 4.78 is 11.1. The highest BCUT2D eigenvalue weighted by Gasteiger charge is 2.15. The predicted molar refractivity (Wildman–Crippen MR) is 86.1 cm³/mol. The summed E-state index contributed by atoms with van der Waals surface area (Å²) in [5.74, 6) is 2.34. The number of hydrogen-bond donors (Lipinski definition) is 1. The molecule has 0 aliphatic carbocycles. The number of aromatic nitrogens is 2. The summed E-state index contributed by atoms with van der Waals surface area (Å²) in [4.78, 5) is 21.7. The Balaban J connectivity index is 1.61. The fourth-order valence-corrected chi connectivity index (χ4v) is 2.75. The lowest BCUT2D eigenvalue weighted by atomic mass is 10.2. The van der Waals surface area contributed by atoms with Gasteiger partial charge in [-0.25, -0.2) is 9.97 Å². The van der Waals surface area contributed by atoms with Gasteiger partial charge in [-0.1, -0.05) is 6.07 Å². The minimum absolute atomic E-state index is 0.146. The average Bonchev–Trinajstić information content (AvgIpc) is 3.21. The number of oxazole rings is 2. The highest BCUT2D eigenvalue weighted by Crippen LogP contribution is 2.26. The predicted octanol–water partition coefficient (Wildman–Crippen LogP) is 3.18. The highest BCUT2D eigenvalue weighted by atomic mass is 32.1. The van der Waals surface area contributed by atoms with Crippen LogP contribution < -0.4 is 5.32 Å². The Morgan fingerprint density at radius 3 is 2.70 bits per heavy atom. The van der Waals surface area contributed by atoms with Crippen LogP contribution in [0.5, 0.6) is 0 Å². The molecule has 3 aromatic heterocycles. The molecule has 6 nitrogen and oxygen atoms in total. The van der Waals surface area contributed by atoms with E-state index in [4.69, 9.17) is 8.83 Å². The van der Waals surface area contributed by atoms with Crippen molar-refractivity contribution in [3.05, 3.63) is 46.3 Å². The van der Waals surface area contributed by atoms with Gasteiger partial charge in [-0.05, 0) is 32.2 Å². The Morgan fingerprint density at radius 1 is 1.22 bits per heavy atom. The van der Waals surface area contributed by atoms with Crippen molar-refractivity contribution in [2.75, 3.05) is 0 Å². The fourth-order valence-electron chi connectivity index (χ4n) is 2.10. The Hall–Kier alpha value is -2.41. The lowest BCUT2D eigenvalue weighted by molar-refractivity contribution is -0.120. The van der Waals surface area contributed by atoms with Crippen LogP contribution in [0.1, 0.15) is 28.8 Å². The number of nitrogens with one attached hydrogen (secondary N) is 1. The molecule has 3 heterocycles. The average molecular weight is 331 g/mol. The lowest BCUT2D eigenvalue weighted by Crippen LogP contribution is -2.25. The van der Waals surface area contributed by atoms with Crippen molar-refractivity contribution < 1.29 is 13.6 Å². The molecule has 1 N–H and O–H groups in total. The van der Waals surface area contributed by atoms with E-state index in [2.05, 4.69) is 15.3 Å². The van der Waals surface area contributed by atoms with Crippen molar-refractivity contribution in [3.8, 4) is 10.8 Å². The quantitative estimate of drug-likeness (QED) is 0.776. The van der Waals surface area contributed by atoms with E-state index in [1.807, 2.05) is 38.3 Å². The molecule has 0 spiro atoms. The summed E-state index contributed by atoms with van der Waals surface area (Å²) in [6.07, 6.45) is 0.166. The van der Waals surface area contributed by atoms with Gasteiger partial charge in [-0.15, -0.1) is 11.3 Å². The lowest BCUT2D eigenvalue weighted by Gasteiger charge is -2.00. The molecule has 0 radical (unpaired) electrons. The third kappa shape index (κ3) is 3.50. The minimum Gasteiger partial charge on any atom is -0.444 e. The number of thiophene rings is 1. The van der Waals surface area contributed by atoms with Gasteiger partial charge in [0.25, 0.3) is 0 Å². The van der Waals surface area contributed by atoms with E-state index in [-0.39, 0.29) is 18.9 Å². The van der Waals surface area contributed by atoms with Crippen LogP contribution >= 0.6 is 11.3 Å². The van der Waals surface area contributed by atoms with Gasteiger partial charge in [0, 0.05) is 0 Å². The summed E-state index contributed by atoms with van der Waals surface area (Å²) in [5, 5.41) is 4.74. The first-order valence-corrected chi connectivity index (χ1v) is 8.10. The van der Waals surface area contributed by atoms with Crippen LogP contribution in [0.15, 0.2) is 26.3 Å². The number of rotatable bonds is 5. The van der Waals surface area contributed by atoms with Crippen LogP contribution in [0.4, 0.5) is 0 Å². The van der Waals surface area contributed by atoms with Crippen molar-refractivity contribution in [2.45, 2.75) is 33.7 Å². The molecule has 23 heavy (non-hydrogen) atoms. The molecule has 0 unspecified atom stereocenters. The van der Waals surface area contributed by atoms with E-state index in [0.29, 0.717) is 23.2 Å². The highest BCUT2D eigenvalue weighted by molar-refractivity contribution is 7.13. The van der Waals surface area contributed by atoms with Crippen molar-refractivity contribution in [2.24, 2.45) is 0 Å². The van der Waals surface area contributed by atoms with Crippen molar-refractivity contribution in [1.82, 2.24) is 15.3 Å². The molecule has 0 aromatic carbocycles. The molecule has 7 heteroatoms. The molecule has 0 bridgehead atoms. The van der Waals surface area contributed by atoms with E-state index in [0.717, 1.165) is 16.3 Å². The molecular weight excluding hydrogens is 314 g/mol. The molecule has 0 saturated carbocycles. The summed E-state index contributed by atoms with van der Waals surface area (Å²) in [5.41, 5.74) is 1.48. The summed E-state index contributed by atoms with van der Waals surface area (Å²) in [6, 6.07) is 3.87. The Kier molecular flexibility index (Phi) is 4.29. The summed E-state index contributed by atoms with van der Waals surface area (Å²) in [7, 11) is 0. The van der Waals surface area contributed by atoms with Crippen LogP contribution in [0.2, 0.25) is 0 Å². The summed E-state index contributed by atoms with van der Waals surface area (Å²) >= 11 is 1.55. The second kappa shape index (κ2) is 6.37. The maximum Gasteiger partial charge on any atom is 0.236 e. The number of carbonyl (C=O) groups is 1. The minimum atomic E-state index is -0.146. The largest absolute Gasteiger partial charge is 0.444 e. The van der Waals surface area contributed by atoms with Gasteiger partial charge in [0.15, 0.2) is 0 Å². The molecule has 0 fully saturated rings.